The number of benzene rings is 2. The van der Waals surface area contributed by atoms with Crippen molar-refractivity contribution >= 4 is 29.3 Å². The van der Waals surface area contributed by atoms with Crippen LogP contribution in [0.15, 0.2) is 53.3 Å². The lowest BCUT2D eigenvalue weighted by Gasteiger charge is -2.13. The number of Topliss-reactive ketones (excluding diaryl/α,β-unsaturated/α-hetero) is 1. The maximum atomic E-state index is 13.2. The summed E-state index contributed by atoms with van der Waals surface area (Å²) >= 11 is 1.20. The van der Waals surface area contributed by atoms with E-state index in [-0.39, 0.29) is 23.7 Å². The number of carbonyl (C=O) groups excluding carboxylic acids is 1. The molecule has 30 heavy (non-hydrogen) atoms. The Kier molecular flexibility index (Phi) is 6.14. The molecule has 0 fully saturated rings. The van der Waals surface area contributed by atoms with Gasteiger partial charge >= 0.3 is 0 Å². The highest BCUT2D eigenvalue weighted by molar-refractivity contribution is 7.07. The minimum atomic E-state index is -0.587. The number of hydrogen-bond donors (Lipinski definition) is 0. The van der Waals surface area contributed by atoms with E-state index in [4.69, 9.17) is 0 Å². The summed E-state index contributed by atoms with van der Waals surface area (Å²) in [5.41, 5.74) is 1.02. The Hall–Kier alpha value is -3.30. The van der Waals surface area contributed by atoms with E-state index < -0.39 is 5.41 Å². The van der Waals surface area contributed by atoms with Crippen molar-refractivity contribution in [1.82, 2.24) is 4.57 Å². The second-order valence-corrected chi connectivity index (χ2v) is 8.98. The molecule has 0 radical (unpaired) electrons. The SMILES string of the molecule is CC(C)(C)C(=O)/C=c1/s/c(=C\c2ccc(F)cc2)c(=O)n1Cc1ccccc1C#N. The molecule has 3 aromatic rings. The Bertz CT molecular complexity index is 1300. The van der Waals surface area contributed by atoms with Crippen LogP contribution in [-0.4, -0.2) is 10.4 Å². The average Bonchev–Trinajstić information content (AvgIpc) is 2.98. The summed E-state index contributed by atoms with van der Waals surface area (Å²) in [6.07, 6.45) is 3.17. The fourth-order valence-corrected chi connectivity index (χ4v) is 3.81. The van der Waals surface area contributed by atoms with Crippen molar-refractivity contribution in [2.75, 3.05) is 0 Å². The van der Waals surface area contributed by atoms with E-state index >= 15 is 0 Å². The highest BCUT2D eigenvalue weighted by Gasteiger charge is 2.19. The summed E-state index contributed by atoms with van der Waals surface area (Å²) in [6, 6.07) is 15.0. The first-order valence-electron chi connectivity index (χ1n) is 9.40. The zero-order valence-corrected chi connectivity index (χ0v) is 17.8. The van der Waals surface area contributed by atoms with E-state index in [0.29, 0.717) is 25.9 Å². The lowest BCUT2D eigenvalue weighted by molar-refractivity contribution is -0.120. The molecule has 0 spiro atoms. The molecule has 0 unspecified atom stereocenters. The van der Waals surface area contributed by atoms with Gasteiger partial charge in [0.25, 0.3) is 5.56 Å². The number of carbonyl (C=O) groups is 1. The van der Waals surface area contributed by atoms with Crippen LogP contribution in [-0.2, 0) is 11.3 Å². The predicted octanol–water partition coefficient (Wildman–Crippen LogP) is 3.19. The van der Waals surface area contributed by atoms with Gasteiger partial charge in [-0.1, -0.05) is 51.1 Å². The minimum Gasteiger partial charge on any atom is -0.294 e. The molecule has 2 aromatic carbocycles. The topological polar surface area (TPSA) is 62.9 Å². The molecule has 0 saturated carbocycles. The lowest BCUT2D eigenvalue weighted by Crippen LogP contribution is -2.33. The quantitative estimate of drug-likeness (QED) is 0.651. The highest BCUT2D eigenvalue weighted by atomic mass is 32.1. The van der Waals surface area contributed by atoms with Gasteiger partial charge < -0.3 is 0 Å². The van der Waals surface area contributed by atoms with Gasteiger partial charge in [-0.05, 0) is 35.4 Å². The third-order valence-corrected chi connectivity index (χ3v) is 5.62. The van der Waals surface area contributed by atoms with Crippen molar-refractivity contribution in [3.63, 3.8) is 0 Å². The minimum absolute atomic E-state index is 0.0978. The molecule has 0 amide bonds. The molecule has 0 aliphatic rings. The molecule has 1 heterocycles. The molecule has 4 nitrogen and oxygen atoms in total. The van der Waals surface area contributed by atoms with Gasteiger partial charge in [0, 0.05) is 11.5 Å². The lowest BCUT2D eigenvalue weighted by atomic mass is 9.91. The second-order valence-electron chi connectivity index (χ2n) is 7.92. The number of halogens is 1. The van der Waals surface area contributed by atoms with E-state index in [1.54, 1.807) is 36.4 Å². The van der Waals surface area contributed by atoms with E-state index in [1.165, 1.54) is 34.1 Å². The summed E-state index contributed by atoms with van der Waals surface area (Å²) in [4.78, 5) is 25.8. The first-order valence-corrected chi connectivity index (χ1v) is 10.2. The molecule has 0 saturated heterocycles. The maximum absolute atomic E-state index is 13.2. The van der Waals surface area contributed by atoms with Crippen LogP contribution in [0, 0.1) is 22.6 Å². The van der Waals surface area contributed by atoms with Crippen LogP contribution in [0.3, 0.4) is 0 Å². The van der Waals surface area contributed by atoms with E-state index in [1.807, 2.05) is 26.8 Å². The summed E-state index contributed by atoms with van der Waals surface area (Å²) in [5, 5.41) is 9.38. The summed E-state index contributed by atoms with van der Waals surface area (Å²) in [7, 11) is 0. The van der Waals surface area contributed by atoms with Crippen molar-refractivity contribution in [2.45, 2.75) is 27.3 Å². The van der Waals surface area contributed by atoms with Gasteiger partial charge in [-0.25, -0.2) is 4.39 Å². The Morgan fingerprint density at radius 3 is 2.47 bits per heavy atom. The van der Waals surface area contributed by atoms with Crippen molar-refractivity contribution in [3.05, 3.63) is 90.6 Å². The average molecular weight is 421 g/mol. The van der Waals surface area contributed by atoms with E-state index in [9.17, 15) is 19.2 Å². The first kappa shape index (κ1) is 21.4. The fourth-order valence-electron chi connectivity index (χ4n) is 2.77. The molecule has 1 aromatic heterocycles. The van der Waals surface area contributed by atoms with Gasteiger partial charge in [0.1, 0.15) is 10.5 Å². The zero-order chi connectivity index (χ0) is 21.9. The van der Waals surface area contributed by atoms with Crippen LogP contribution >= 0.6 is 11.3 Å². The van der Waals surface area contributed by atoms with Gasteiger partial charge in [-0.15, -0.1) is 11.3 Å². The molecule has 0 bridgehead atoms. The fraction of sp³-hybridized carbons (Fsp3) is 0.208. The molecule has 3 rings (SSSR count). The number of aromatic nitrogens is 1. The zero-order valence-electron chi connectivity index (χ0n) is 17.0. The van der Waals surface area contributed by atoms with Crippen LogP contribution in [0.2, 0.25) is 0 Å². The molecule has 0 aliphatic carbocycles. The predicted molar refractivity (Wildman–Crippen MR) is 117 cm³/mol. The van der Waals surface area contributed by atoms with Crippen molar-refractivity contribution in [3.8, 4) is 6.07 Å². The monoisotopic (exact) mass is 420 g/mol. The van der Waals surface area contributed by atoms with Gasteiger partial charge in [-0.3, -0.25) is 14.2 Å². The molecule has 0 aliphatic heterocycles. The first-order chi connectivity index (χ1) is 14.2. The molecule has 152 valence electrons. The molecular formula is C24H21FN2O2S. The molecule has 0 atom stereocenters. The number of ketones is 1. The molecule has 6 heteroatoms. The number of nitrogens with zero attached hydrogens (tertiary/aromatic N) is 2. The summed E-state index contributed by atoms with van der Waals surface area (Å²) < 4.78 is 15.7. The summed E-state index contributed by atoms with van der Waals surface area (Å²) in [5.74, 6) is -0.451. The maximum Gasteiger partial charge on any atom is 0.269 e. The van der Waals surface area contributed by atoms with Crippen LogP contribution in [0.25, 0.3) is 12.2 Å². The number of thiazole rings is 1. The van der Waals surface area contributed by atoms with Crippen molar-refractivity contribution in [2.24, 2.45) is 5.41 Å². The van der Waals surface area contributed by atoms with Crippen molar-refractivity contribution in [1.29, 1.82) is 5.26 Å². The van der Waals surface area contributed by atoms with Gasteiger partial charge in [0.2, 0.25) is 0 Å². The number of hydrogen-bond acceptors (Lipinski definition) is 4. The Balaban J connectivity index is 2.21. The Morgan fingerprint density at radius 2 is 1.83 bits per heavy atom. The van der Waals surface area contributed by atoms with Crippen LogP contribution < -0.4 is 14.8 Å². The Morgan fingerprint density at radius 1 is 1.17 bits per heavy atom. The van der Waals surface area contributed by atoms with Crippen LogP contribution in [0.1, 0.15) is 37.5 Å². The standard InChI is InChI=1S/C24H21FN2O2S/c1-24(2,3)21(28)13-22-27(15-18-7-5-4-6-17(18)14-26)23(29)20(30-22)12-16-8-10-19(25)11-9-16/h4-13H,15H2,1-3H3/b20-12-,22-13+. The van der Waals surface area contributed by atoms with Crippen LogP contribution in [0.5, 0.6) is 0 Å². The molecular weight excluding hydrogens is 399 g/mol. The van der Waals surface area contributed by atoms with Gasteiger partial charge in [0.05, 0.1) is 22.7 Å². The second kappa shape index (κ2) is 8.60. The van der Waals surface area contributed by atoms with Gasteiger partial charge in [0.15, 0.2) is 5.78 Å². The third-order valence-electron chi connectivity index (χ3n) is 4.56. The normalized spacial score (nSPS) is 12.8. The van der Waals surface area contributed by atoms with E-state index in [0.717, 1.165) is 0 Å². The van der Waals surface area contributed by atoms with Gasteiger partial charge in [-0.2, -0.15) is 5.26 Å². The highest BCUT2D eigenvalue weighted by Crippen LogP contribution is 2.15. The summed E-state index contributed by atoms with van der Waals surface area (Å²) in [6.45, 7) is 5.63. The number of rotatable bonds is 4. The number of nitriles is 1. The Labute approximate surface area is 177 Å². The van der Waals surface area contributed by atoms with E-state index in [2.05, 4.69) is 6.07 Å². The largest absolute Gasteiger partial charge is 0.294 e. The van der Waals surface area contributed by atoms with Crippen LogP contribution in [0.4, 0.5) is 4.39 Å². The molecule has 0 N–H and O–H groups in total. The van der Waals surface area contributed by atoms with Crippen molar-refractivity contribution < 1.29 is 9.18 Å². The third kappa shape index (κ3) is 4.81. The smallest absolute Gasteiger partial charge is 0.269 e.